The Kier molecular flexibility index (Phi) is 2.64. The maximum absolute atomic E-state index is 11.2. The number of rotatable bonds is 2. The minimum absolute atomic E-state index is 0.370. The molecule has 0 N–H and O–H groups in total. The van der Waals surface area contributed by atoms with E-state index in [1.54, 1.807) is 18.2 Å². The summed E-state index contributed by atoms with van der Waals surface area (Å²) in [5.41, 5.74) is 1.82. The molecular weight excluding hydrogens is 214 g/mol. The van der Waals surface area contributed by atoms with E-state index in [4.69, 9.17) is 4.42 Å². The molecule has 2 rings (SSSR count). The van der Waals surface area contributed by atoms with E-state index in [2.05, 4.69) is 9.72 Å². The van der Waals surface area contributed by atoms with Crippen LogP contribution in [0.1, 0.15) is 10.4 Å². The molecule has 0 atom stereocenters. The second-order valence-electron chi connectivity index (χ2n) is 2.86. The summed E-state index contributed by atoms with van der Waals surface area (Å²) in [6, 6.07) is 5.03. The van der Waals surface area contributed by atoms with Crippen LogP contribution in [0.25, 0.3) is 11.1 Å². The molecular formula is C10H9NO3S. The zero-order chi connectivity index (χ0) is 10.8. The van der Waals surface area contributed by atoms with E-state index in [-0.39, 0.29) is 5.97 Å². The van der Waals surface area contributed by atoms with E-state index in [1.165, 1.54) is 18.9 Å². The van der Waals surface area contributed by atoms with Crippen LogP contribution in [0.3, 0.4) is 0 Å². The van der Waals surface area contributed by atoms with Crippen LogP contribution in [0.4, 0.5) is 0 Å². The van der Waals surface area contributed by atoms with Gasteiger partial charge in [-0.15, -0.1) is 0 Å². The molecule has 0 spiro atoms. The molecule has 78 valence electrons. The highest BCUT2D eigenvalue weighted by Gasteiger charge is 2.09. The standard InChI is InChI=1S/C10H9NO3S/c1-13-9(12)6-3-4-8-7(5-6)11-10(14-8)15-2/h3-5H,1-2H3. The molecule has 0 aliphatic carbocycles. The van der Waals surface area contributed by atoms with Crippen LogP contribution in [0.2, 0.25) is 0 Å². The van der Waals surface area contributed by atoms with Gasteiger partial charge in [0.05, 0.1) is 12.7 Å². The van der Waals surface area contributed by atoms with Crippen molar-refractivity contribution in [3.8, 4) is 0 Å². The van der Waals surface area contributed by atoms with E-state index >= 15 is 0 Å². The number of fused-ring (bicyclic) bond motifs is 1. The van der Waals surface area contributed by atoms with Crippen molar-refractivity contribution in [2.24, 2.45) is 0 Å². The summed E-state index contributed by atoms with van der Waals surface area (Å²) in [5.74, 6) is -0.370. The van der Waals surface area contributed by atoms with Gasteiger partial charge in [-0.2, -0.15) is 0 Å². The number of ether oxygens (including phenoxy) is 1. The summed E-state index contributed by atoms with van der Waals surface area (Å²) in [7, 11) is 1.35. The molecule has 1 heterocycles. The first-order valence-electron chi connectivity index (χ1n) is 4.27. The van der Waals surface area contributed by atoms with Crippen LogP contribution in [0.5, 0.6) is 0 Å². The van der Waals surface area contributed by atoms with Gasteiger partial charge < -0.3 is 9.15 Å². The first-order chi connectivity index (χ1) is 7.24. The Morgan fingerprint density at radius 2 is 2.33 bits per heavy atom. The van der Waals surface area contributed by atoms with Gasteiger partial charge in [0.2, 0.25) is 0 Å². The van der Waals surface area contributed by atoms with Crippen molar-refractivity contribution in [3.63, 3.8) is 0 Å². The molecule has 0 radical (unpaired) electrons. The summed E-state index contributed by atoms with van der Waals surface area (Å²) in [6.07, 6.45) is 1.88. The number of carbonyl (C=O) groups excluding carboxylic acids is 1. The topological polar surface area (TPSA) is 52.3 Å². The van der Waals surface area contributed by atoms with Gasteiger partial charge in [-0.05, 0) is 24.5 Å². The Morgan fingerprint density at radius 3 is 3.00 bits per heavy atom. The van der Waals surface area contributed by atoms with Crippen molar-refractivity contribution in [1.29, 1.82) is 0 Å². The van der Waals surface area contributed by atoms with Crippen LogP contribution < -0.4 is 0 Å². The van der Waals surface area contributed by atoms with Gasteiger partial charge in [0.1, 0.15) is 5.52 Å². The maximum Gasteiger partial charge on any atom is 0.337 e. The molecule has 0 aliphatic heterocycles. The van der Waals surface area contributed by atoms with Crippen LogP contribution in [0.15, 0.2) is 27.8 Å². The molecule has 0 saturated heterocycles. The quantitative estimate of drug-likeness (QED) is 0.577. The molecule has 0 fully saturated rings. The fourth-order valence-corrected chi connectivity index (χ4v) is 1.60. The van der Waals surface area contributed by atoms with E-state index in [0.717, 1.165) is 0 Å². The van der Waals surface area contributed by atoms with E-state index in [0.29, 0.717) is 21.9 Å². The lowest BCUT2D eigenvalue weighted by molar-refractivity contribution is 0.0601. The average molecular weight is 223 g/mol. The van der Waals surface area contributed by atoms with Crippen molar-refractivity contribution >= 4 is 28.8 Å². The fourth-order valence-electron chi connectivity index (χ4n) is 1.24. The van der Waals surface area contributed by atoms with Crippen LogP contribution in [0, 0.1) is 0 Å². The van der Waals surface area contributed by atoms with Gasteiger partial charge in [-0.25, -0.2) is 9.78 Å². The monoisotopic (exact) mass is 223 g/mol. The summed E-state index contributed by atoms with van der Waals surface area (Å²) in [5, 5.41) is 0.590. The third-order valence-electron chi connectivity index (χ3n) is 1.96. The zero-order valence-corrected chi connectivity index (χ0v) is 9.13. The van der Waals surface area contributed by atoms with Gasteiger partial charge in [0.15, 0.2) is 5.58 Å². The number of aromatic nitrogens is 1. The largest absolute Gasteiger partial charge is 0.465 e. The van der Waals surface area contributed by atoms with Crippen molar-refractivity contribution in [1.82, 2.24) is 4.98 Å². The van der Waals surface area contributed by atoms with E-state index < -0.39 is 0 Å². The number of thioether (sulfide) groups is 1. The predicted molar refractivity (Wildman–Crippen MR) is 57.1 cm³/mol. The molecule has 0 unspecified atom stereocenters. The van der Waals surface area contributed by atoms with Crippen LogP contribution in [-0.2, 0) is 4.74 Å². The lowest BCUT2D eigenvalue weighted by Crippen LogP contribution is -2.00. The number of carbonyl (C=O) groups is 1. The smallest absolute Gasteiger partial charge is 0.337 e. The molecule has 0 aliphatic rings. The third kappa shape index (κ3) is 1.83. The Morgan fingerprint density at radius 1 is 1.53 bits per heavy atom. The van der Waals surface area contributed by atoms with E-state index in [1.807, 2.05) is 6.26 Å². The second-order valence-corrected chi connectivity index (χ2v) is 3.62. The van der Waals surface area contributed by atoms with Gasteiger partial charge in [-0.1, -0.05) is 11.8 Å². The van der Waals surface area contributed by atoms with Gasteiger partial charge >= 0.3 is 5.97 Å². The molecule has 0 bridgehead atoms. The SMILES string of the molecule is COC(=O)c1ccc2oc(SC)nc2c1. The summed E-state index contributed by atoms with van der Waals surface area (Å²) >= 11 is 1.42. The number of esters is 1. The average Bonchev–Trinajstić information content (AvgIpc) is 2.69. The number of methoxy groups -OCH3 is 1. The van der Waals surface area contributed by atoms with Crippen molar-refractivity contribution in [2.75, 3.05) is 13.4 Å². The van der Waals surface area contributed by atoms with Crippen LogP contribution in [-0.4, -0.2) is 24.3 Å². The number of hydrogen-bond acceptors (Lipinski definition) is 5. The fraction of sp³-hybridized carbons (Fsp3) is 0.200. The number of nitrogens with zero attached hydrogens (tertiary/aromatic N) is 1. The summed E-state index contributed by atoms with van der Waals surface area (Å²) in [6.45, 7) is 0. The Labute approximate surface area is 90.6 Å². The Bertz CT molecular complexity index is 506. The number of oxazole rings is 1. The summed E-state index contributed by atoms with van der Waals surface area (Å²) in [4.78, 5) is 15.4. The van der Waals surface area contributed by atoms with Gasteiger partial charge in [-0.3, -0.25) is 0 Å². The molecule has 1 aromatic carbocycles. The normalized spacial score (nSPS) is 10.5. The minimum Gasteiger partial charge on any atom is -0.465 e. The Hall–Kier alpha value is -1.49. The lowest BCUT2D eigenvalue weighted by atomic mass is 10.2. The molecule has 2 aromatic rings. The number of hydrogen-bond donors (Lipinski definition) is 0. The zero-order valence-electron chi connectivity index (χ0n) is 8.31. The van der Waals surface area contributed by atoms with Gasteiger partial charge in [0.25, 0.3) is 5.22 Å². The molecule has 15 heavy (non-hydrogen) atoms. The summed E-state index contributed by atoms with van der Waals surface area (Å²) < 4.78 is 10.0. The lowest BCUT2D eigenvalue weighted by Gasteiger charge is -1.96. The van der Waals surface area contributed by atoms with Crippen molar-refractivity contribution < 1.29 is 13.9 Å². The predicted octanol–water partition coefficient (Wildman–Crippen LogP) is 2.34. The highest BCUT2D eigenvalue weighted by molar-refractivity contribution is 7.98. The first kappa shape index (κ1) is 10.0. The molecule has 1 aromatic heterocycles. The molecule has 0 amide bonds. The second kappa shape index (κ2) is 3.94. The maximum atomic E-state index is 11.2. The Balaban J connectivity index is 2.50. The van der Waals surface area contributed by atoms with Crippen molar-refractivity contribution in [2.45, 2.75) is 5.22 Å². The van der Waals surface area contributed by atoms with E-state index in [9.17, 15) is 4.79 Å². The van der Waals surface area contributed by atoms with Crippen LogP contribution >= 0.6 is 11.8 Å². The highest BCUT2D eigenvalue weighted by Crippen LogP contribution is 2.22. The molecule has 5 heteroatoms. The first-order valence-corrected chi connectivity index (χ1v) is 5.50. The highest BCUT2D eigenvalue weighted by atomic mass is 32.2. The molecule has 4 nitrogen and oxygen atoms in total. The third-order valence-corrected chi connectivity index (χ3v) is 2.49. The van der Waals surface area contributed by atoms with Gasteiger partial charge in [0, 0.05) is 0 Å². The minimum atomic E-state index is -0.370. The van der Waals surface area contributed by atoms with Crippen molar-refractivity contribution in [3.05, 3.63) is 23.8 Å². The molecule has 0 saturated carbocycles. The number of benzene rings is 1.